The predicted octanol–water partition coefficient (Wildman–Crippen LogP) is 3.23. The molecule has 0 aromatic carbocycles. The third kappa shape index (κ3) is 4.27. The van der Waals surface area contributed by atoms with Gasteiger partial charge in [0.15, 0.2) is 0 Å². The Morgan fingerprint density at radius 1 is 1.29 bits per heavy atom. The lowest BCUT2D eigenvalue weighted by molar-refractivity contribution is 0.0752. The molecule has 4 unspecified atom stereocenters. The number of likely N-dealkylation sites (N-methyl/N-ethyl adjacent to an activating group) is 2. The first-order chi connectivity index (χ1) is 10.0. The number of hydrogen-bond donors (Lipinski definition) is 1. The topological polar surface area (TPSA) is 28.2 Å². The fraction of sp³-hybridized carbons (Fsp3) is 0.722. The molecule has 4 atom stereocenters. The van der Waals surface area contributed by atoms with Gasteiger partial charge in [-0.25, -0.2) is 0 Å². The van der Waals surface area contributed by atoms with Gasteiger partial charge in [-0.15, -0.1) is 0 Å². The highest BCUT2D eigenvalue weighted by Gasteiger charge is 2.35. The van der Waals surface area contributed by atoms with Gasteiger partial charge in [0.2, 0.25) is 0 Å². The van der Waals surface area contributed by atoms with Gasteiger partial charge >= 0.3 is 0 Å². The molecule has 1 heterocycles. The molecule has 0 bridgehead atoms. The number of nitrogens with zero attached hydrogens (tertiary/aromatic N) is 2. The van der Waals surface area contributed by atoms with Crippen LogP contribution in [-0.2, 0) is 6.54 Å². The number of pyridine rings is 1. The zero-order valence-electron chi connectivity index (χ0n) is 14.3. The normalized spacial score (nSPS) is 29.8. The van der Waals surface area contributed by atoms with E-state index < -0.39 is 0 Å². The summed E-state index contributed by atoms with van der Waals surface area (Å²) >= 11 is 0. The third-order valence-corrected chi connectivity index (χ3v) is 4.76. The lowest BCUT2D eigenvalue weighted by Crippen LogP contribution is -2.55. The van der Waals surface area contributed by atoms with Gasteiger partial charge in [-0.05, 0) is 57.3 Å². The molecule has 21 heavy (non-hydrogen) atoms. The molecular formula is C18H31N3. The van der Waals surface area contributed by atoms with Crippen molar-refractivity contribution in [1.82, 2.24) is 15.2 Å². The first-order valence-electron chi connectivity index (χ1n) is 8.37. The maximum Gasteiger partial charge on any atom is 0.0547 e. The standard InChI is InChI=1S/C18H31N3/c1-6-19-17-11-13(2)10-14(3)18(17)21(5)12-16-9-7-8-15(4)20-16/h7-9,13-14,17-19H,6,10-12H2,1-5H3. The van der Waals surface area contributed by atoms with Gasteiger partial charge in [-0.2, -0.15) is 0 Å². The highest BCUT2D eigenvalue weighted by atomic mass is 15.2. The monoisotopic (exact) mass is 289 g/mol. The molecule has 1 aliphatic rings. The second kappa shape index (κ2) is 7.37. The molecule has 0 saturated heterocycles. The van der Waals surface area contributed by atoms with E-state index in [1.165, 1.54) is 18.5 Å². The van der Waals surface area contributed by atoms with Crippen molar-refractivity contribution in [3.8, 4) is 0 Å². The summed E-state index contributed by atoms with van der Waals surface area (Å²) in [5, 5.41) is 3.71. The molecule has 1 fully saturated rings. The Morgan fingerprint density at radius 3 is 2.71 bits per heavy atom. The van der Waals surface area contributed by atoms with Crippen molar-refractivity contribution in [3.05, 3.63) is 29.6 Å². The van der Waals surface area contributed by atoms with E-state index in [-0.39, 0.29) is 0 Å². The quantitative estimate of drug-likeness (QED) is 0.902. The summed E-state index contributed by atoms with van der Waals surface area (Å²) < 4.78 is 0. The molecule has 3 nitrogen and oxygen atoms in total. The molecule has 2 rings (SSSR count). The highest BCUT2D eigenvalue weighted by molar-refractivity contribution is 5.10. The molecule has 0 radical (unpaired) electrons. The van der Waals surface area contributed by atoms with Crippen LogP contribution in [0.25, 0.3) is 0 Å². The molecule has 0 aliphatic heterocycles. The molecule has 3 heteroatoms. The third-order valence-electron chi connectivity index (χ3n) is 4.76. The van der Waals surface area contributed by atoms with Gasteiger partial charge in [0.05, 0.1) is 5.69 Å². The van der Waals surface area contributed by atoms with E-state index >= 15 is 0 Å². The van der Waals surface area contributed by atoms with Gasteiger partial charge in [-0.3, -0.25) is 9.88 Å². The minimum Gasteiger partial charge on any atom is -0.313 e. The molecule has 1 saturated carbocycles. The van der Waals surface area contributed by atoms with Crippen molar-refractivity contribution in [2.24, 2.45) is 11.8 Å². The van der Waals surface area contributed by atoms with E-state index in [1.807, 2.05) is 0 Å². The van der Waals surface area contributed by atoms with Crippen molar-refractivity contribution >= 4 is 0 Å². The Hall–Kier alpha value is -0.930. The maximum absolute atomic E-state index is 4.66. The van der Waals surface area contributed by atoms with Crippen molar-refractivity contribution < 1.29 is 0 Å². The molecule has 1 N–H and O–H groups in total. The second-order valence-corrected chi connectivity index (χ2v) is 6.89. The summed E-state index contributed by atoms with van der Waals surface area (Å²) in [7, 11) is 2.26. The average molecular weight is 289 g/mol. The Balaban J connectivity index is 2.08. The van der Waals surface area contributed by atoms with Crippen LogP contribution in [0.3, 0.4) is 0 Å². The van der Waals surface area contributed by atoms with Crippen molar-refractivity contribution in [2.45, 2.75) is 59.2 Å². The van der Waals surface area contributed by atoms with Crippen LogP contribution < -0.4 is 5.32 Å². The van der Waals surface area contributed by atoms with E-state index in [9.17, 15) is 0 Å². The van der Waals surface area contributed by atoms with Gasteiger partial charge in [-0.1, -0.05) is 26.8 Å². The van der Waals surface area contributed by atoms with Crippen LogP contribution in [0.5, 0.6) is 0 Å². The summed E-state index contributed by atoms with van der Waals surface area (Å²) in [6.07, 6.45) is 2.62. The van der Waals surface area contributed by atoms with Crippen LogP contribution in [0, 0.1) is 18.8 Å². The SMILES string of the molecule is CCNC1CC(C)CC(C)C1N(C)Cc1cccc(C)n1. The smallest absolute Gasteiger partial charge is 0.0547 e. The van der Waals surface area contributed by atoms with Gasteiger partial charge in [0.1, 0.15) is 0 Å². The van der Waals surface area contributed by atoms with Gasteiger partial charge < -0.3 is 5.32 Å². The van der Waals surface area contributed by atoms with Crippen LogP contribution in [0.2, 0.25) is 0 Å². The predicted molar refractivity (Wildman–Crippen MR) is 89.3 cm³/mol. The largest absolute Gasteiger partial charge is 0.313 e. The zero-order chi connectivity index (χ0) is 15.4. The Morgan fingerprint density at radius 2 is 2.05 bits per heavy atom. The van der Waals surface area contributed by atoms with Gasteiger partial charge in [0.25, 0.3) is 0 Å². The fourth-order valence-electron chi connectivity index (χ4n) is 4.10. The Bertz CT molecular complexity index is 446. The number of rotatable bonds is 5. The molecule has 1 aliphatic carbocycles. The van der Waals surface area contributed by atoms with Crippen LogP contribution in [0.1, 0.15) is 45.0 Å². The molecule has 1 aromatic rings. The van der Waals surface area contributed by atoms with E-state index in [0.29, 0.717) is 12.1 Å². The summed E-state index contributed by atoms with van der Waals surface area (Å²) in [6, 6.07) is 7.52. The molecular weight excluding hydrogens is 258 g/mol. The van der Waals surface area contributed by atoms with Crippen molar-refractivity contribution in [1.29, 1.82) is 0 Å². The lowest BCUT2D eigenvalue weighted by atomic mass is 9.76. The average Bonchev–Trinajstić information content (AvgIpc) is 2.38. The summed E-state index contributed by atoms with van der Waals surface area (Å²) in [5.41, 5.74) is 2.29. The number of hydrogen-bond acceptors (Lipinski definition) is 3. The summed E-state index contributed by atoms with van der Waals surface area (Å²) in [5.74, 6) is 1.55. The first kappa shape index (κ1) is 16.4. The molecule has 1 aromatic heterocycles. The zero-order valence-corrected chi connectivity index (χ0v) is 14.3. The number of aromatic nitrogens is 1. The van der Waals surface area contributed by atoms with Crippen LogP contribution in [-0.4, -0.2) is 35.6 Å². The minimum atomic E-state index is 0.600. The maximum atomic E-state index is 4.66. The first-order valence-corrected chi connectivity index (χ1v) is 8.37. The van der Waals surface area contributed by atoms with Gasteiger partial charge in [0, 0.05) is 24.3 Å². The van der Waals surface area contributed by atoms with E-state index in [2.05, 4.69) is 68.1 Å². The summed E-state index contributed by atoms with van der Waals surface area (Å²) in [4.78, 5) is 7.16. The lowest BCUT2D eigenvalue weighted by Gasteiger charge is -2.44. The number of nitrogens with one attached hydrogen (secondary N) is 1. The fourth-order valence-corrected chi connectivity index (χ4v) is 4.10. The molecule has 0 spiro atoms. The van der Waals surface area contributed by atoms with E-state index in [0.717, 1.165) is 30.6 Å². The number of aryl methyl sites for hydroxylation is 1. The molecule has 118 valence electrons. The Kier molecular flexibility index (Phi) is 5.77. The minimum absolute atomic E-state index is 0.600. The van der Waals surface area contributed by atoms with E-state index in [4.69, 9.17) is 0 Å². The van der Waals surface area contributed by atoms with Crippen LogP contribution in [0.15, 0.2) is 18.2 Å². The van der Waals surface area contributed by atoms with Crippen molar-refractivity contribution in [3.63, 3.8) is 0 Å². The highest BCUT2D eigenvalue weighted by Crippen LogP contribution is 2.32. The molecule has 0 amide bonds. The van der Waals surface area contributed by atoms with E-state index in [1.54, 1.807) is 0 Å². The Labute approximate surface area is 130 Å². The summed E-state index contributed by atoms with van der Waals surface area (Å²) in [6.45, 7) is 11.1. The van der Waals surface area contributed by atoms with Crippen molar-refractivity contribution in [2.75, 3.05) is 13.6 Å². The van der Waals surface area contributed by atoms with Crippen LogP contribution >= 0.6 is 0 Å². The second-order valence-electron chi connectivity index (χ2n) is 6.89. The van der Waals surface area contributed by atoms with Crippen LogP contribution in [0.4, 0.5) is 0 Å².